The predicted molar refractivity (Wildman–Crippen MR) is 84.0 cm³/mol. The molecule has 0 radical (unpaired) electrons. The van der Waals surface area contributed by atoms with Gasteiger partial charge in [-0.2, -0.15) is 0 Å². The molecule has 0 saturated carbocycles. The van der Waals surface area contributed by atoms with Crippen LogP contribution in [0.5, 0.6) is 11.5 Å². The van der Waals surface area contributed by atoms with Gasteiger partial charge in [-0.25, -0.2) is 0 Å². The monoisotopic (exact) mass is 286 g/mol. The summed E-state index contributed by atoms with van der Waals surface area (Å²) in [7, 11) is 3.36. The minimum atomic E-state index is 0.00259. The maximum Gasteiger partial charge on any atom is 0.142 e. The van der Waals surface area contributed by atoms with E-state index in [1.807, 2.05) is 12.1 Å². The first-order valence-electron chi connectivity index (χ1n) is 7.07. The normalized spacial score (nSPS) is 12.0. The van der Waals surface area contributed by atoms with Gasteiger partial charge < -0.3 is 14.8 Å². The molecule has 0 amide bonds. The Hall–Kier alpha value is -2.07. The van der Waals surface area contributed by atoms with Crippen molar-refractivity contribution >= 4 is 0 Å². The van der Waals surface area contributed by atoms with E-state index in [9.17, 15) is 0 Å². The molecule has 2 aromatic rings. The molecule has 0 aliphatic rings. The molecule has 1 aromatic carbocycles. The zero-order valence-corrected chi connectivity index (χ0v) is 13.0. The summed E-state index contributed by atoms with van der Waals surface area (Å²) in [5.74, 6) is 1.64. The van der Waals surface area contributed by atoms with Crippen molar-refractivity contribution in [2.24, 2.45) is 0 Å². The van der Waals surface area contributed by atoms with Crippen LogP contribution in [0.15, 0.2) is 36.7 Å². The zero-order valence-electron chi connectivity index (χ0n) is 13.0. The Kier molecular flexibility index (Phi) is 5.17. The lowest BCUT2D eigenvalue weighted by atomic mass is 9.96. The summed E-state index contributed by atoms with van der Waals surface area (Å²) < 4.78 is 11.0. The van der Waals surface area contributed by atoms with E-state index in [2.05, 4.69) is 36.3 Å². The summed E-state index contributed by atoms with van der Waals surface area (Å²) in [5, 5.41) is 3.50. The number of rotatable bonds is 6. The molecule has 0 bridgehead atoms. The van der Waals surface area contributed by atoms with Crippen molar-refractivity contribution < 1.29 is 9.47 Å². The molecule has 1 N–H and O–H groups in total. The molecule has 1 atom stereocenters. The van der Waals surface area contributed by atoms with Gasteiger partial charge in [0.25, 0.3) is 0 Å². The zero-order chi connectivity index (χ0) is 15.2. The molecule has 4 nitrogen and oxygen atoms in total. The molecule has 0 spiro atoms. The SMILES string of the molecule is CCNC(c1ccncc1OC)c1cc(C)ccc1OC. The highest BCUT2D eigenvalue weighted by Crippen LogP contribution is 2.34. The van der Waals surface area contributed by atoms with Crippen LogP contribution in [0.1, 0.15) is 29.7 Å². The largest absolute Gasteiger partial charge is 0.496 e. The molecular weight excluding hydrogens is 264 g/mol. The van der Waals surface area contributed by atoms with Gasteiger partial charge in [0.2, 0.25) is 0 Å². The Bertz CT molecular complexity index is 599. The summed E-state index contributed by atoms with van der Waals surface area (Å²) in [5.41, 5.74) is 3.35. The van der Waals surface area contributed by atoms with Gasteiger partial charge in [0.1, 0.15) is 11.5 Å². The van der Waals surface area contributed by atoms with E-state index in [0.717, 1.165) is 29.2 Å². The van der Waals surface area contributed by atoms with Gasteiger partial charge in [0.15, 0.2) is 0 Å². The van der Waals surface area contributed by atoms with E-state index in [0.29, 0.717) is 0 Å². The number of pyridine rings is 1. The fraction of sp³-hybridized carbons (Fsp3) is 0.353. The lowest BCUT2D eigenvalue weighted by Gasteiger charge is -2.23. The molecule has 21 heavy (non-hydrogen) atoms. The minimum Gasteiger partial charge on any atom is -0.496 e. The second-order valence-corrected chi connectivity index (χ2v) is 4.85. The lowest BCUT2D eigenvalue weighted by molar-refractivity contribution is 0.393. The molecule has 0 aliphatic carbocycles. The van der Waals surface area contributed by atoms with Crippen LogP contribution in [0.2, 0.25) is 0 Å². The summed E-state index contributed by atoms with van der Waals surface area (Å²) in [6, 6.07) is 8.18. The van der Waals surface area contributed by atoms with Gasteiger partial charge in [-0.05, 0) is 25.6 Å². The van der Waals surface area contributed by atoms with E-state index in [1.54, 1.807) is 26.6 Å². The van der Waals surface area contributed by atoms with Gasteiger partial charge in [0.05, 0.1) is 26.5 Å². The fourth-order valence-electron chi connectivity index (χ4n) is 2.47. The van der Waals surface area contributed by atoms with Gasteiger partial charge in [-0.15, -0.1) is 0 Å². The number of nitrogens with zero attached hydrogens (tertiary/aromatic N) is 1. The first-order chi connectivity index (χ1) is 10.2. The molecule has 1 unspecified atom stereocenters. The molecule has 1 aromatic heterocycles. The topological polar surface area (TPSA) is 43.4 Å². The second kappa shape index (κ2) is 7.09. The first kappa shape index (κ1) is 15.3. The molecule has 0 aliphatic heterocycles. The molecular formula is C17H22N2O2. The Morgan fingerprint density at radius 3 is 2.52 bits per heavy atom. The van der Waals surface area contributed by atoms with Crippen LogP contribution >= 0.6 is 0 Å². The number of ether oxygens (including phenoxy) is 2. The van der Waals surface area contributed by atoms with Crippen LogP contribution in [-0.4, -0.2) is 25.7 Å². The van der Waals surface area contributed by atoms with E-state index in [4.69, 9.17) is 9.47 Å². The van der Waals surface area contributed by atoms with E-state index >= 15 is 0 Å². The number of benzene rings is 1. The number of nitrogens with one attached hydrogen (secondary N) is 1. The Balaban J connectivity index is 2.55. The summed E-state index contributed by atoms with van der Waals surface area (Å²) in [4.78, 5) is 4.13. The lowest BCUT2D eigenvalue weighted by Crippen LogP contribution is -2.23. The molecule has 2 rings (SSSR count). The average Bonchev–Trinajstić information content (AvgIpc) is 2.52. The van der Waals surface area contributed by atoms with E-state index in [-0.39, 0.29) is 6.04 Å². The van der Waals surface area contributed by atoms with Crippen LogP contribution < -0.4 is 14.8 Å². The van der Waals surface area contributed by atoms with Gasteiger partial charge in [0, 0.05) is 17.3 Å². The van der Waals surface area contributed by atoms with Crippen LogP contribution in [0.4, 0.5) is 0 Å². The van der Waals surface area contributed by atoms with Crippen molar-refractivity contribution in [2.75, 3.05) is 20.8 Å². The van der Waals surface area contributed by atoms with Crippen LogP contribution in [-0.2, 0) is 0 Å². The van der Waals surface area contributed by atoms with Crippen molar-refractivity contribution in [2.45, 2.75) is 19.9 Å². The third kappa shape index (κ3) is 3.34. The van der Waals surface area contributed by atoms with Gasteiger partial charge in [-0.1, -0.05) is 24.6 Å². The van der Waals surface area contributed by atoms with Crippen molar-refractivity contribution in [1.82, 2.24) is 10.3 Å². The summed E-state index contributed by atoms with van der Waals surface area (Å²) in [6.07, 6.45) is 3.52. The highest BCUT2D eigenvalue weighted by Gasteiger charge is 2.21. The summed E-state index contributed by atoms with van der Waals surface area (Å²) in [6.45, 7) is 5.01. The Morgan fingerprint density at radius 1 is 1.10 bits per heavy atom. The second-order valence-electron chi connectivity index (χ2n) is 4.85. The van der Waals surface area contributed by atoms with Crippen molar-refractivity contribution in [1.29, 1.82) is 0 Å². The Labute approximate surface area is 126 Å². The highest BCUT2D eigenvalue weighted by molar-refractivity contribution is 5.47. The number of aromatic nitrogens is 1. The number of hydrogen-bond donors (Lipinski definition) is 1. The van der Waals surface area contributed by atoms with Crippen LogP contribution in [0, 0.1) is 6.92 Å². The molecule has 1 heterocycles. The highest BCUT2D eigenvalue weighted by atomic mass is 16.5. The fourth-order valence-corrected chi connectivity index (χ4v) is 2.47. The van der Waals surface area contributed by atoms with E-state index < -0.39 is 0 Å². The minimum absolute atomic E-state index is 0.00259. The Morgan fingerprint density at radius 2 is 1.86 bits per heavy atom. The standard InChI is InChI=1S/C17H22N2O2/c1-5-19-17(13-8-9-18-11-16(13)21-4)14-10-12(2)6-7-15(14)20-3/h6-11,17,19H,5H2,1-4H3. The average molecular weight is 286 g/mol. The molecule has 112 valence electrons. The molecule has 0 saturated heterocycles. The van der Waals surface area contributed by atoms with E-state index in [1.165, 1.54) is 5.56 Å². The summed E-state index contributed by atoms with van der Waals surface area (Å²) >= 11 is 0. The van der Waals surface area contributed by atoms with Crippen LogP contribution in [0.25, 0.3) is 0 Å². The van der Waals surface area contributed by atoms with Crippen LogP contribution in [0.3, 0.4) is 0 Å². The first-order valence-corrected chi connectivity index (χ1v) is 7.07. The third-order valence-corrected chi connectivity index (χ3v) is 3.45. The van der Waals surface area contributed by atoms with Gasteiger partial charge >= 0.3 is 0 Å². The number of hydrogen-bond acceptors (Lipinski definition) is 4. The quantitative estimate of drug-likeness (QED) is 0.886. The van der Waals surface area contributed by atoms with Gasteiger partial charge in [-0.3, -0.25) is 4.98 Å². The maximum absolute atomic E-state index is 5.53. The maximum atomic E-state index is 5.53. The molecule has 0 fully saturated rings. The number of aryl methyl sites for hydroxylation is 1. The number of methoxy groups -OCH3 is 2. The van der Waals surface area contributed by atoms with Crippen molar-refractivity contribution in [3.63, 3.8) is 0 Å². The third-order valence-electron chi connectivity index (χ3n) is 3.45. The smallest absolute Gasteiger partial charge is 0.142 e. The van der Waals surface area contributed by atoms with Crippen molar-refractivity contribution in [3.8, 4) is 11.5 Å². The predicted octanol–water partition coefficient (Wildman–Crippen LogP) is 3.11. The van der Waals surface area contributed by atoms with Crippen molar-refractivity contribution in [3.05, 3.63) is 53.3 Å². The molecule has 4 heteroatoms.